The maximum absolute atomic E-state index is 12.5. The van der Waals surface area contributed by atoms with Gasteiger partial charge in [0, 0.05) is 21.3 Å². The minimum Gasteiger partial charge on any atom is -0.398 e. The van der Waals surface area contributed by atoms with E-state index in [1.165, 1.54) is 0 Å². The van der Waals surface area contributed by atoms with Crippen LogP contribution in [0, 0.1) is 0 Å². The highest BCUT2D eigenvalue weighted by Crippen LogP contribution is 2.36. The number of rotatable bonds is 0. The molecule has 4 nitrogen and oxygen atoms in total. The molecule has 1 aliphatic rings. The van der Waals surface area contributed by atoms with Gasteiger partial charge in [-0.2, -0.15) is 0 Å². The van der Waals surface area contributed by atoms with Gasteiger partial charge in [-0.1, -0.05) is 12.1 Å². The molecular formula is C14H9BrN2O2. The topological polar surface area (TPSA) is 86.2 Å². The lowest BCUT2D eigenvalue weighted by molar-refractivity contribution is 0.0980. The van der Waals surface area contributed by atoms with Crippen molar-refractivity contribution in [2.24, 2.45) is 0 Å². The van der Waals surface area contributed by atoms with E-state index in [9.17, 15) is 9.59 Å². The van der Waals surface area contributed by atoms with Crippen molar-refractivity contribution in [3.8, 4) is 0 Å². The zero-order valence-electron chi connectivity index (χ0n) is 9.74. The second-order valence-corrected chi connectivity index (χ2v) is 5.17. The van der Waals surface area contributed by atoms with E-state index < -0.39 is 0 Å². The van der Waals surface area contributed by atoms with E-state index in [2.05, 4.69) is 15.9 Å². The lowest BCUT2D eigenvalue weighted by Crippen LogP contribution is -2.23. The standard InChI is InChI=1S/C14H9BrN2O2/c15-8-5-4-7-11(12(8)17)14(19)6-2-1-3-9(16)10(6)13(7)18/h1-5H,16-17H2. The number of anilines is 2. The molecule has 0 radical (unpaired) electrons. The van der Waals surface area contributed by atoms with Crippen molar-refractivity contribution in [2.75, 3.05) is 11.5 Å². The first-order valence-corrected chi connectivity index (χ1v) is 6.37. The molecule has 0 aromatic heterocycles. The van der Waals surface area contributed by atoms with Gasteiger partial charge < -0.3 is 11.5 Å². The predicted molar refractivity (Wildman–Crippen MR) is 76.3 cm³/mol. The molecule has 1 aliphatic carbocycles. The van der Waals surface area contributed by atoms with E-state index in [0.717, 1.165) is 0 Å². The van der Waals surface area contributed by atoms with Crippen LogP contribution in [0.2, 0.25) is 0 Å². The van der Waals surface area contributed by atoms with E-state index >= 15 is 0 Å². The number of nitrogens with two attached hydrogens (primary N) is 2. The summed E-state index contributed by atoms with van der Waals surface area (Å²) in [6.45, 7) is 0. The fourth-order valence-electron chi connectivity index (χ4n) is 2.31. The number of benzene rings is 2. The number of nitrogen functional groups attached to an aromatic ring is 2. The Balaban J connectivity index is 2.40. The van der Waals surface area contributed by atoms with Gasteiger partial charge in [-0.05, 0) is 34.1 Å². The average molecular weight is 317 g/mol. The van der Waals surface area contributed by atoms with E-state index in [1.54, 1.807) is 30.3 Å². The molecule has 0 saturated heterocycles. The highest BCUT2D eigenvalue weighted by molar-refractivity contribution is 9.10. The van der Waals surface area contributed by atoms with E-state index in [0.29, 0.717) is 21.3 Å². The second kappa shape index (κ2) is 3.93. The molecule has 19 heavy (non-hydrogen) atoms. The van der Waals surface area contributed by atoms with Crippen LogP contribution in [0.5, 0.6) is 0 Å². The number of halogens is 1. The first-order valence-electron chi connectivity index (χ1n) is 5.58. The zero-order chi connectivity index (χ0) is 13.7. The number of carbonyl (C=O) groups excluding carboxylic acids is 2. The molecule has 0 aliphatic heterocycles. The van der Waals surface area contributed by atoms with Gasteiger partial charge in [-0.15, -0.1) is 0 Å². The first kappa shape index (κ1) is 11.9. The highest BCUT2D eigenvalue weighted by Gasteiger charge is 2.33. The molecule has 0 unspecified atom stereocenters. The number of carbonyl (C=O) groups is 2. The Labute approximate surface area is 117 Å². The van der Waals surface area contributed by atoms with Crippen molar-refractivity contribution in [3.05, 3.63) is 57.1 Å². The maximum Gasteiger partial charge on any atom is 0.196 e. The summed E-state index contributed by atoms with van der Waals surface area (Å²) >= 11 is 3.26. The molecular weight excluding hydrogens is 308 g/mol. The average Bonchev–Trinajstić information content (AvgIpc) is 2.39. The summed E-state index contributed by atoms with van der Waals surface area (Å²) in [6.07, 6.45) is 0. The van der Waals surface area contributed by atoms with Gasteiger partial charge >= 0.3 is 0 Å². The smallest absolute Gasteiger partial charge is 0.196 e. The van der Waals surface area contributed by atoms with E-state index in [1.807, 2.05) is 0 Å². The molecule has 3 rings (SSSR count). The maximum atomic E-state index is 12.5. The van der Waals surface area contributed by atoms with Crippen LogP contribution in [0.4, 0.5) is 11.4 Å². The molecule has 0 fully saturated rings. The fraction of sp³-hybridized carbons (Fsp3) is 0. The van der Waals surface area contributed by atoms with Crippen LogP contribution in [0.1, 0.15) is 31.8 Å². The summed E-state index contributed by atoms with van der Waals surface area (Å²) in [4.78, 5) is 24.9. The third kappa shape index (κ3) is 1.51. The molecule has 0 amide bonds. The third-order valence-corrected chi connectivity index (χ3v) is 3.92. The Morgan fingerprint density at radius 1 is 0.842 bits per heavy atom. The summed E-state index contributed by atoms with van der Waals surface area (Å²) in [6, 6.07) is 8.10. The Hall–Kier alpha value is -2.14. The Bertz CT molecular complexity index is 753. The Kier molecular flexibility index (Phi) is 2.46. The molecule has 0 atom stereocenters. The normalized spacial score (nSPS) is 13.1. The monoisotopic (exact) mass is 316 g/mol. The summed E-state index contributed by atoms with van der Waals surface area (Å²) in [5, 5.41) is 0. The second-order valence-electron chi connectivity index (χ2n) is 4.31. The van der Waals surface area contributed by atoms with Crippen molar-refractivity contribution in [1.82, 2.24) is 0 Å². The number of hydrogen-bond donors (Lipinski definition) is 2. The Morgan fingerprint density at radius 2 is 1.47 bits per heavy atom. The van der Waals surface area contributed by atoms with Crippen LogP contribution in [0.15, 0.2) is 34.8 Å². The molecule has 0 spiro atoms. The van der Waals surface area contributed by atoms with Gasteiger partial charge in [0.1, 0.15) is 0 Å². The molecule has 2 aromatic rings. The van der Waals surface area contributed by atoms with Crippen LogP contribution in [-0.2, 0) is 0 Å². The van der Waals surface area contributed by atoms with E-state index in [4.69, 9.17) is 11.5 Å². The van der Waals surface area contributed by atoms with Crippen molar-refractivity contribution >= 4 is 38.9 Å². The van der Waals surface area contributed by atoms with Crippen molar-refractivity contribution in [3.63, 3.8) is 0 Å². The molecule has 5 heteroatoms. The first-order chi connectivity index (χ1) is 9.02. The van der Waals surface area contributed by atoms with Gasteiger partial charge in [0.25, 0.3) is 0 Å². The quantitative estimate of drug-likeness (QED) is 0.623. The van der Waals surface area contributed by atoms with Crippen LogP contribution >= 0.6 is 15.9 Å². The Morgan fingerprint density at radius 3 is 2.21 bits per heavy atom. The van der Waals surface area contributed by atoms with Crippen LogP contribution in [0.25, 0.3) is 0 Å². The fourth-order valence-corrected chi connectivity index (χ4v) is 2.64. The summed E-state index contributed by atoms with van der Waals surface area (Å²) < 4.78 is 0.597. The third-order valence-electron chi connectivity index (χ3n) is 3.23. The van der Waals surface area contributed by atoms with Crippen molar-refractivity contribution in [1.29, 1.82) is 0 Å². The predicted octanol–water partition coefficient (Wildman–Crippen LogP) is 2.39. The van der Waals surface area contributed by atoms with Crippen molar-refractivity contribution < 1.29 is 9.59 Å². The van der Waals surface area contributed by atoms with E-state index in [-0.39, 0.29) is 28.4 Å². The molecule has 0 heterocycles. The summed E-state index contributed by atoms with van der Waals surface area (Å²) in [5.41, 5.74) is 13.4. The van der Waals surface area contributed by atoms with Crippen LogP contribution in [-0.4, -0.2) is 11.6 Å². The number of hydrogen-bond acceptors (Lipinski definition) is 4. The van der Waals surface area contributed by atoms with Gasteiger partial charge in [0.05, 0.1) is 16.8 Å². The lowest BCUT2D eigenvalue weighted by Gasteiger charge is -2.20. The van der Waals surface area contributed by atoms with Gasteiger partial charge in [0.2, 0.25) is 0 Å². The van der Waals surface area contributed by atoms with Crippen molar-refractivity contribution in [2.45, 2.75) is 0 Å². The molecule has 94 valence electrons. The van der Waals surface area contributed by atoms with Gasteiger partial charge in [0.15, 0.2) is 11.6 Å². The number of fused-ring (bicyclic) bond motifs is 2. The molecule has 2 aromatic carbocycles. The SMILES string of the molecule is Nc1cccc2c1C(=O)c1ccc(Br)c(N)c1C2=O. The molecule has 0 bridgehead atoms. The van der Waals surface area contributed by atoms with Crippen LogP contribution in [0.3, 0.4) is 0 Å². The summed E-state index contributed by atoms with van der Waals surface area (Å²) in [7, 11) is 0. The zero-order valence-corrected chi connectivity index (χ0v) is 11.3. The van der Waals surface area contributed by atoms with Crippen LogP contribution < -0.4 is 11.5 Å². The van der Waals surface area contributed by atoms with Gasteiger partial charge in [-0.25, -0.2) is 0 Å². The highest BCUT2D eigenvalue weighted by atomic mass is 79.9. The minimum atomic E-state index is -0.268. The number of ketones is 2. The van der Waals surface area contributed by atoms with Gasteiger partial charge in [-0.3, -0.25) is 9.59 Å². The molecule has 4 N–H and O–H groups in total. The largest absolute Gasteiger partial charge is 0.398 e. The lowest BCUT2D eigenvalue weighted by atomic mass is 9.82. The minimum absolute atomic E-state index is 0.248. The molecule has 0 saturated carbocycles. The summed E-state index contributed by atoms with van der Waals surface area (Å²) in [5.74, 6) is -0.530.